The van der Waals surface area contributed by atoms with Crippen LogP contribution in [0.5, 0.6) is 0 Å². The normalized spacial score (nSPS) is 16.2. The number of carbonyl (C=O) groups is 2. The predicted octanol–water partition coefficient (Wildman–Crippen LogP) is 2.04. The van der Waals surface area contributed by atoms with Gasteiger partial charge in [0, 0.05) is 17.4 Å². The molecule has 1 atom stereocenters. The molecule has 1 amide bonds. The average Bonchev–Trinajstić information content (AvgIpc) is 3.24. The van der Waals surface area contributed by atoms with Crippen molar-refractivity contribution >= 4 is 22.8 Å². The summed E-state index contributed by atoms with van der Waals surface area (Å²) in [5, 5.41) is 5.07. The molecule has 1 aliphatic rings. The van der Waals surface area contributed by atoms with Crippen molar-refractivity contribution in [2.24, 2.45) is 11.7 Å². The average molecular weight is 345 g/mol. The maximum Gasteiger partial charge on any atom is 0.321 e. The molecule has 0 bridgehead atoms. The van der Waals surface area contributed by atoms with Crippen molar-refractivity contribution in [3.05, 3.63) is 59.8 Å². The second-order valence-corrected chi connectivity index (χ2v) is 5.97. The summed E-state index contributed by atoms with van der Waals surface area (Å²) >= 11 is 0. The lowest BCUT2D eigenvalue weighted by atomic mass is 10.1. The zero-order chi connectivity index (χ0) is 18.1. The number of esters is 1. The Hall–Kier alpha value is -3.59. The molecular formula is C20H15N3O3. The van der Waals surface area contributed by atoms with Crippen LogP contribution in [0.1, 0.15) is 22.5 Å². The Labute approximate surface area is 149 Å². The Morgan fingerprint density at radius 3 is 2.85 bits per heavy atom. The fraction of sp³-hybridized carbons (Fsp3) is 0.150. The van der Waals surface area contributed by atoms with E-state index >= 15 is 0 Å². The van der Waals surface area contributed by atoms with Crippen molar-refractivity contribution in [1.82, 2.24) is 9.78 Å². The number of benzene rings is 2. The minimum atomic E-state index is -0.573. The van der Waals surface area contributed by atoms with Gasteiger partial charge >= 0.3 is 5.97 Å². The summed E-state index contributed by atoms with van der Waals surface area (Å²) < 4.78 is 6.59. The van der Waals surface area contributed by atoms with Gasteiger partial charge in [-0.05, 0) is 24.3 Å². The van der Waals surface area contributed by atoms with E-state index in [2.05, 4.69) is 16.9 Å². The number of hydrogen-bond acceptors (Lipinski definition) is 4. The Kier molecular flexibility index (Phi) is 3.90. The highest BCUT2D eigenvalue weighted by atomic mass is 16.5. The third-order valence-corrected chi connectivity index (χ3v) is 4.24. The van der Waals surface area contributed by atoms with Gasteiger partial charge < -0.3 is 10.5 Å². The van der Waals surface area contributed by atoms with Gasteiger partial charge in [-0.3, -0.25) is 9.59 Å². The van der Waals surface area contributed by atoms with Crippen LogP contribution in [0, 0.1) is 17.8 Å². The van der Waals surface area contributed by atoms with E-state index in [1.54, 1.807) is 4.68 Å². The predicted molar refractivity (Wildman–Crippen MR) is 95.5 cm³/mol. The molecule has 6 heteroatoms. The maximum absolute atomic E-state index is 11.7. The zero-order valence-electron chi connectivity index (χ0n) is 13.8. The lowest BCUT2D eigenvalue weighted by molar-refractivity contribution is -0.139. The summed E-state index contributed by atoms with van der Waals surface area (Å²) in [6.45, 7) is 0.424. The van der Waals surface area contributed by atoms with E-state index in [4.69, 9.17) is 10.5 Å². The number of nitrogens with zero attached hydrogens (tertiary/aromatic N) is 2. The number of amides is 1. The number of fused-ring (bicyclic) bond motifs is 1. The number of carbonyl (C=O) groups excluding carboxylic acids is 2. The standard InChI is InChI=1S/C20H15N3O3/c21-19(24)18-16-6-1-2-7-17(16)23(22-18)15-5-3-4-13(12-15)8-9-14-10-11-26-20(14)25/h1-7,12,14H,10-11H2,(H2,21,24). The number of rotatable bonds is 2. The number of ether oxygens (including phenoxy) is 1. The van der Waals surface area contributed by atoms with Gasteiger partial charge in [0.05, 0.1) is 17.8 Å². The van der Waals surface area contributed by atoms with Gasteiger partial charge in [0.2, 0.25) is 0 Å². The van der Waals surface area contributed by atoms with Gasteiger partial charge in [0.25, 0.3) is 5.91 Å². The summed E-state index contributed by atoms with van der Waals surface area (Å²) in [5.41, 5.74) is 7.97. The second-order valence-electron chi connectivity index (χ2n) is 5.97. The Morgan fingerprint density at radius 2 is 2.08 bits per heavy atom. The van der Waals surface area contributed by atoms with E-state index in [9.17, 15) is 9.59 Å². The SMILES string of the molecule is NC(=O)c1nn(-c2cccc(C#CC3CCOC3=O)c2)c2ccccc12. The van der Waals surface area contributed by atoms with E-state index in [0.717, 1.165) is 16.8 Å². The molecule has 128 valence electrons. The van der Waals surface area contributed by atoms with Gasteiger partial charge in [0.15, 0.2) is 5.69 Å². The van der Waals surface area contributed by atoms with Crippen molar-refractivity contribution in [3.63, 3.8) is 0 Å². The molecule has 4 rings (SSSR count). The molecule has 2 aromatic carbocycles. The first kappa shape index (κ1) is 15.9. The zero-order valence-corrected chi connectivity index (χ0v) is 13.8. The van der Waals surface area contributed by atoms with Gasteiger partial charge in [-0.15, -0.1) is 0 Å². The summed E-state index contributed by atoms with van der Waals surface area (Å²) in [4.78, 5) is 23.2. The maximum atomic E-state index is 11.7. The van der Waals surface area contributed by atoms with E-state index in [0.29, 0.717) is 18.4 Å². The second kappa shape index (κ2) is 6.37. The number of para-hydroxylation sites is 1. The van der Waals surface area contributed by atoms with E-state index < -0.39 is 5.91 Å². The van der Waals surface area contributed by atoms with Crippen molar-refractivity contribution < 1.29 is 14.3 Å². The Morgan fingerprint density at radius 1 is 1.23 bits per heavy atom. The number of primary amides is 1. The van der Waals surface area contributed by atoms with Crippen LogP contribution in [0.3, 0.4) is 0 Å². The number of hydrogen-bond donors (Lipinski definition) is 1. The fourth-order valence-corrected chi connectivity index (χ4v) is 2.96. The van der Waals surface area contributed by atoms with Crippen LogP contribution < -0.4 is 5.73 Å². The molecule has 2 heterocycles. The molecule has 26 heavy (non-hydrogen) atoms. The molecule has 1 saturated heterocycles. The van der Waals surface area contributed by atoms with Crippen molar-refractivity contribution in [2.45, 2.75) is 6.42 Å². The molecule has 1 aliphatic heterocycles. The van der Waals surface area contributed by atoms with Crippen LogP contribution in [0.25, 0.3) is 16.6 Å². The summed E-state index contributed by atoms with van der Waals surface area (Å²) in [6, 6.07) is 14.8. The largest absolute Gasteiger partial charge is 0.465 e. The van der Waals surface area contributed by atoms with Gasteiger partial charge in [0.1, 0.15) is 5.92 Å². The van der Waals surface area contributed by atoms with Crippen LogP contribution in [-0.4, -0.2) is 28.3 Å². The lowest BCUT2D eigenvalue weighted by Gasteiger charge is -2.04. The molecule has 1 unspecified atom stereocenters. The molecule has 3 aromatic rings. The van der Waals surface area contributed by atoms with E-state index in [1.165, 1.54) is 0 Å². The van der Waals surface area contributed by atoms with Crippen molar-refractivity contribution in [1.29, 1.82) is 0 Å². The molecule has 1 aromatic heterocycles. The molecule has 0 spiro atoms. The quantitative estimate of drug-likeness (QED) is 0.569. The molecule has 1 fully saturated rings. The van der Waals surface area contributed by atoms with Crippen LogP contribution >= 0.6 is 0 Å². The van der Waals surface area contributed by atoms with Crippen molar-refractivity contribution in [2.75, 3.05) is 6.61 Å². The lowest BCUT2D eigenvalue weighted by Crippen LogP contribution is -2.12. The first-order valence-electron chi connectivity index (χ1n) is 8.19. The molecule has 0 aliphatic carbocycles. The van der Waals surface area contributed by atoms with Gasteiger partial charge in [-0.2, -0.15) is 5.10 Å². The first-order valence-corrected chi connectivity index (χ1v) is 8.19. The third kappa shape index (κ3) is 2.80. The fourth-order valence-electron chi connectivity index (χ4n) is 2.96. The molecule has 2 N–H and O–H groups in total. The number of nitrogens with two attached hydrogens (primary N) is 1. The van der Waals surface area contributed by atoms with Gasteiger partial charge in [-0.1, -0.05) is 36.1 Å². The summed E-state index contributed by atoms with van der Waals surface area (Å²) in [6.07, 6.45) is 0.622. The van der Waals surface area contributed by atoms with E-state index in [-0.39, 0.29) is 17.6 Å². The van der Waals surface area contributed by atoms with Crippen LogP contribution in [-0.2, 0) is 9.53 Å². The topological polar surface area (TPSA) is 87.2 Å². The van der Waals surface area contributed by atoms with Crippen LogP contribution in [0.15, 0.2) is 48.5 Å². The molecule has 0 saturated carbocycles. The minimum absolute atomic E-state index is 0.228. The van der Waals surface area contributed by atoms with E-state index in [1.807, 2.05) is 48.5 Å². The molecule has 0 radical (unpaired) electrons. The number of aromatic nitrogens is 2. The smallest absolute Gasteiger partial charge is 0.321 e. The number of cyclic esters (lactones) is 1. The Bertz CT molecular complexity index is 1090. The highest BCUT2D eigenvalue weighted by molar-refractivity contribution is 6.04. The summed E-state index contributed by atoms with van der Waals surface area (Å²) in [7, 11) is 0. The third-order valence-electron chi connectivity index (χ3n) is 4.24. The van der Waals surface area contributed by atoms with Gasteiger partial charge in [-0.25, -0.2) is 4.68 Å². The first-order chi connectivity index (χ1) is 12.6. The van der Waals surface area contributed by atoms with Crippen LogP contribution in [0.2, 0.25) is 0 Å². The Balaban J connectivity index is 1.76. The molecular weight excluding hydrogens is 330 g/mol. The highest BCUT2D eigenvalue weighted by Crippen LogP contribution is 2.22. The van der Waals surface area contributed by atoms with Crippen LogP contribution in [0.4, 0.5) is 0 Å². The molecule has 6 nitrogen and oxygen atoms in total. The van der Waals surface area contributed by atoms with Crippen molar-refractivity contribution in [3.8, 4) is 17.5 Å². The monoisotopic (exact) mass is 345 g/mol. The highest BCUT2D eigenvalue weighted by Gasteiger charge is 2.24. The summed E-state index contributed by atoms with van der Waals surface area (Å²) in [5.74, 6) is 4.77. The minimum Gasteiger partial charge on any atom is -0.465 e.